The number of nitrogens with zero attached hydrogens (tertiary/aromatic N) is 1. The van der Waals surface area contributed by atoms with Gasteiger partial charge in [0, 0.05) is 19.7 Å². The zero-order valence-corrected chi connectivity index (χ0v) is 18.6. The van der Waals surface area contributed by atoms with Gasteiger partial charge in [-0.15, -0.1) is 0 Å². The first-order valence-corrected chi connectivity index (χ1v) is 12.0. The van der Waals surface area contributed by atoms with E-state index < -0.39 is 10.1 Å². The first-order valence-electron chi connectivity index (χ1n) is 10.2. The number of carbonyl (C=O) groups is 1. The molecule has 2 amide bonds. The number of hydrogen-bond acceptors (Lipinski definition) is 6. The molecule has 31 heavy (non-hydrogen) atoms. The van der Waals surface area contributed by atoms with Gasteiger partial charge in [-0.05, 0) is 49.6 Å². The number of amides is 2. The van der Waals surface area contributed by atoms with Crippen molar-refractivity contribution in [1.29, 1.82) is 0 Å². The lowest BCUT2D eigenvalue weighted by molar-refractivity contribution is 0.0819. The van der Waals surface area contributed by atoms with E-state index >= 15 is 0 Å². The van der Waals surface area contributed by atoms with Crippen LogP contribution in [0.1, 0.15) is 25.3 Å². The van der Waals surface area contributed by atoms with Crippen LogP contribution in [0.4, 0.5) is 10.5 Å². The fourth-order valence-electron chi connectivity index (χ4n) is 3.34. The monoisotopic (exact) mass is 448 g/mol. The summed E-state index contributed by atoms with van der Waals surface area (Å²) in [4.78, 5) is 14.8. The largest absolute Gasteiger partial charge is 0.492 e. The van der Waals surface area contributed by atoms with Gasteiger partial charge >= 0.3 is 16.1 Å². The predicted molar refractivity (Wildman–Crippen MR) is 118 cm³/mol. The smallest absolute Gasteiger partial charge is 0.322 e. The Balaban J connectivity index is 1.74. The summed E-state index contributed by atoms with van der Waals surface area (Å²) in [6, 6.07) is 13.7. The number of anilines is 1. The second kappa shape index (κ2) is 10.5. The summed E-state index contributed by atoms with van der Waals surface area (Å²) in [5.74, 6) is 0.838. The minimum atomic E-state index is -3.59. The Hall–Kier alpha value is -2.78. The van der Waals surface area contributed by atoms with Crippen molar-refractivity contribution in [2.45, 2.75) is 32.4 Å². The summed E-state index contributed by atoms with van der Waals surface area (Å²) in [5.41, 5.74) is 1.44. The standard InChI is InChI=1S/C22H28N2O6S/c1-3-28-21-9-5-4-8-20(21)23-22(25)24(16-19-7-6-14-29-19)15-17-10-12-18(13-11-17)30-31(2,26)27/h4-5,8-13,19H,3,6-7,14-16H2,1-2H3,(H,23,25). The van der Waals surface area contributed by atoms with Crippen LogP contribution in [0.3, 0.4) is 0 Å². The number of para-hydroxylation sites is 2. The number of carbonyl (C=O) groups excluding carboxylic acids is 1. The lowest BCUT2D eigenvalue weighted by Crippen LogP contribution is -2.39. The molecule has 8 nitrogen and oxygen atoms in total. The molecule has 1 saturated heterocycles. The lowest BCUT2D eigenvalue weighted by atomic mass is 10.2. The van der Waals surface area contributed by atoms with Crippen molar-refractivity contribution in [1.82, 2.24) is 4.90 Å². The van der Waals surface area contributed by atoms with Crippen molar-refractivity contribution in [3.63, 3.8) is 0 Å². The predicted octanol–water partition coefficient (Wildman–Crippen LogP) is 3.64. The van der Waals surface area contributed by atoms with Crippen LogP contribution in [-0.4, -0.2) is 51.5 Å². The second-order valence-corrected chi connectivity index (χ2v) is 8.88. The number of rotatable bonds is 9. The molecule has 1 heterocycles. The molecule has 0 radical (unpaired) electrons. The minimum Gasteiger partial charge on any atom is -0.492 e. The molecule has 1 fully saturated rings. The van der Waals surface area contributed by atoms with Gasteiger partial charge < -0.3 is 23.9 Å². The first kappa shape index (κ1) is 22.9. The van der Waals surface area contributed by atoms with Gasteiger partial charge in [0.15, 0.2) is 0 Å². The molecule has 0 spiro atoms. The SMILES string of the molecule is CCOc1ccccc1NC(=O)N(Cc1ccc(OS(C)(=O)=O)cc1)CC1CCCO1. The van der Waals surface area contributed by atoms with Crippen LogP contribution in [0.2, 0.25) is 0 Å². The molecule has 0 aromatic heterocycles. The Labute approximate surface area is 183 Å². The van der Waals surface area contributed by atoms with Gasteiger partial charge in [-0.25, -0.2) is 4.79 Å². The van der Waals surface area contributed by atoms with Crippen molar-refractivity contribution in [3.8, 4) is 11.5 Å². The maximum Gasteiger partial charge on any atom is 0.322 e. The molecule has 9 heteroatoms. The summed E-state index contributed by atoms with van der Waals surface area (Å²) in [5, 5.41) is 2.93. The second-order valence-electron chi connectivity index (χ2n) is 7.31. The highest BCUT2D eigenvalue weighted by atomic mass is 32.2. The van der Waals surface area contributed by atoms with E-state index in [1.54, 1.807) is 35.2 Å². The molecule has 0 aliphatic carbocycles. The van der Waals surface area contributed by atoms with E-state index in [1.807, 2.05) is 25.1 Å². The first-order chi connectivity index (χ1) is 14.8. The lowest BCUT2D eigenvalue weighted by Gasteiger charge is -2.26. The number of nitrogens with one attached hydrogen (secondary N) is 1. The topological polar surface area (TPSA) is 94.2 Å². The number of benzene rings is 2. The van der Waals surface area contributed by atoms with Gasteiger partial charge in [0.2, 0.25) is 0 Å². The van der Waals surface area contributed by atoms with E-state index in [2.05, 4.69) is 5.32 Å². The molecule has 0 bridgehead atoms. The molecule has 1 atom stereocenters. The maximum atomic E-state index is 13.1. The molecular weight excluding hydrogens is 420 g/mol. The molecule has 168 valence electrons. The number of urea groups is 1. The van der Waals surface area contributed by atoms with Crippen LogP contribution >= 0.6 is 0 Å². The third-order valence-corrected chi connectivity index (χ3v) is 5.20. The van der Waals surface area contributed by atoms with E-state index in [4.69, 9.17) is 13.7 Å². The fourth-order valence-corrected chi connectivity index (χ4v) is 3.81. The van der Waals surface area contributed by atoms with Crippen LogP contribution in [0.5, 0.6) is 11.5 Å². The quantitative estimate of drug-likeness (QED) is 0.589. The Morgan fingerprint density at radius 3 is 2.58 bits per heavy atom. The highest BCUT2D eigenvalue weighted by Crippen LogP contribution is 2.25. The summed E-state index contributed by atoms with van der Waals surface area (Å²) < 4.78 is 38.8. The molecule has 1 aliphatic rings. The summed E-state index contributed by atoms with van der Waals surface area (Å²) in [6.07, 6.45) is 2.86. The Kier molecular flexibility index (Phi) is 7.75. The van der Waals surface area contributed by atoms with Gasteiger partial charge in [0.1, 0.15) is 11.5 Å². The van der Waals surface area contributed by atoms with E-state index in [9.17, 15) is 13.2 Å². The highest BCUT2D eigenvalue weighted by molar-refractivity contribution is 7.86. The van der Waals surface area contributed by atoms with Gasteiger partial charge in [-0.2, -0.15) is 8.42 Å². The Bertz CT molecular complexity index is 972. The van der Waals surface area contributed by atoms with E-state index in [1.165, 1.54) is 0 Å². The van der Waals surface area contributed by atoms with Crippen LogP contribution in [0.25, 0.3) is 0 Å². The zero-order chi connectivity index (χ0) is 22.3. The molecule has 0 saturated carbocycles. The molecular formula is C22H28N2O6S. The highest BCUT2D eigenvalue weighted by Gasteiger charge is 2.23. The molecule has 1 aliphatic heterocycles. The summed E-state index contributed by atoms with van der Waals surface area (Å²) in [6.45, 7) is 3.87. The van der Waals surface area contributed by atoms with Crippen LogP contribution < -0.4 is 14.2 Å². The van der Waals surface area contributed by atoms with E-state index in [0.29, 0.717) is 37.7 Å². The van der Waals surface area contributed by atoms with Crippen molar-refractivity contribution < 1.29 is 26.9 Å². The maximum absolute atomic E-state index is 13.1. The number of hydrogen-bond donors (Lipinski definition) is 1. The van der Waals surface area contributed by atoms with Crippen molar-refractivity contribution in [3.05, 3.63) is 54.1 Å². The Morgan fingerprint density at radius 2 is 1.94 bits per heavy atom. The molecule has 1 unspecified atom stereocenters. The normalized spacial score (nSPS) is 16.0. The molecule has 2 aromatic rings. The molecule has 1 N–H and O–H groups in total. The summed E-state index contributed by atoms with van der Waals surface area (Å²) >= 11 is 0. The number of ether oxygens (including phenoxy) is 2. The third-order valence-electron chi connectivity index (χ3n) is 4.71. The van der Waals surface area contributed by atoms with Gasteiger partial charge in [0.25, 0.3) is 0 Å². The zero-order valence-electron chi connectivity index (χ0n) is 17.7. The van der Waals surface area contributed by atoms with Crippen molar-refractivity contribution in [2.24, 2.45) is 0 Å². The average Bonchev–Trinajstić information content (AvgIpc) is 3.22. The third kappa shape index (κ3) is 7.15. The van der Waals surface area contributed by atoms with E-state index in [0.717, 1.165) is 24.7 Å². The summed E-state index contributed by atoms with van der Waals surface area (Å²) in [7, 11) is -3.59. The van der Waals surface area contributed by atoms with Crippen LogP contribution in [-0.2, 0) is 21.4 Å². The fraction of sp³-hybridized carbons (Fsp3) is 0.409. The van der Waals surface area contributed by atoms with Crippen LogP contribution in [0, 0.1) is 0 Å². The van der Waals surface area contributed by atoms with Crippen molar-refractivity contribution >= 4 is 21.8 Å². The van der Waals surface area contributed by atoms with Gasteiger partial charge in [-0.3, -0.25) is 0 Å². The molecule has 2 aromatic carbocycles. The molecule has 3 rings (SSSR count). The van der Waals surface area contributed by atoms with Gasteiger partial charge in [-0.1, -0.05) is 24.3 Å². The Morgan fingerprint density at radius 1 is 1.19 bits per heavy atom. The van der Waals surface area contributed by atoms with Crippen LogP contribution in [0.15, 0.2) is 48.5 Å². The van der Waals surface area contributed by atoms with Gasteiger partial charge in [0.05, 0.1) is 24.7 Å². The minimum absolute atomic E-state index is 0.0132. The average molecular weight is 449 g/mol. The van der Waals surface area contributed by atoms with Crippen molar-refractivity contribution in [2.75, 3.05) is 31.3 Å². The van der Waals surface area contributed by atoms with E-state index in [-0.39, 0.29) is 17.9 Å².